The van der Waals surface area contributed by atoms with E-state index >= 15 is 0 Å². The summed E-state index contributed by atoms with van der Waals surface area (Å²) < 4.78 is 13.4. The van der Waals surface area contributed by atoms with Gasteiger partial charge in [0.25, 0.3) is 0 Å². The van der Waals surface area contributed by atoms with Crippen LogP contribution in [0.25, 0.3) is 0 Å². The summed E-state index contributed by atoms with van der Waals surface area (Å²) in [6.45, 7) is 5.70. The van der Waals surface area contributed by atoms with Crippen molar-refractivity contribution in [3.8, 4) is 6.07 Å². The molecule has 4 nitrogen and oxygen atoms in total. The Morgan fingerprint density at radius 2 is 2.11 bits per heavy atom. The molecule has 0 aliphatic rings. The van der Waals surface area contributed by atoms with Gasteiger partial charge in [0.1, 0.15) is 11.9 Å². The highest BCUT2D eigenvalue weighted by molar-refractivity contribution is 5.66. The van der Waals surface area contributed by atoms with Crippen LogP contribution in [0.3, 0.4) is 0 Å². The molecule has 0 bridgehead atoms. The molecule has 0 unspecified atom stereocenters. The summed E-state index contributed by atoms with van der Waals surface area (Å²) in [7, 11) is 0. The molecule has 0 aliphatic heterocycles. The van der Waals surface area contributed by atoms with Gasteiger partial charge in [-0.25, -0.2) is 9.18 Å². The number of halogens is 1. The van der Waals surface area contributed by atoms with Gasteiger partial charge < -0.3 is 10.0 Å². The van der Waals surface area contributed by atoms with Gasteiger partial charge in [-0.3, -0.25) is 0 Å². The molecule has 1 aromatic rings. The van der Waals surface area contributed by atoms with Crippen molar-refractivity contribution in [1.82, 2.24) is 4.90 Å². The fraction of sp³-hybridized carbons (Fsp3) is 0.429. The highest BCUT2D eigenvalue weighted by Gasteiger charge is 2.25. The van der Waals surface area contributed by atoms with Crippen LogP contribution in [0.5, 0.6) is 0 Å². The van der Waals surface area contributed by atoms with Gasteiger partial charge >= 0.3 is 6.09 Å². The second-order valence-corrected chi connectivity index (χ2v) is 5.28. The van der Waals surface area contributed by atoms with E-state index in [1.54, 1.807) is 32.9 Å². The van der Waals surface area contributed by atoms with E-state index in [1.807, 2.05) is 0 Å². The van der Waals surface area contributed by atoms with Gasteiger partial charge in [0.2, 0.25) is 0 Å². The maximum atomic E-state index is 13.4. The van der Waals surface area contributed by atoms with Crippen molar-refractivity contribution >= 4 is 6.09 Å². The van der Waals surface area contributed by atoms with Crippen molar-refractivity contribution in [3.05, 3.63) is 35.1 Å². The van der Waals surface area contributed by atoms with E-state index in [0.29, 0.717) is 12.0 Å². The summed E-state index contributed by atoms with van der Waals surface area (Å²) >= 11 is 0. The van der Waals surface area contributed by atoms with E-state index in [-0.39, 0.29) is 12.1 Å². The minimum atomic E-state index is -0.999. The van der Waals surface area contributed by atoms with Gasteiger partial charge in [0.05, 0.1) is 5.56 Å². The highest BCUT2D eigenvalue weighted by atomic mass is 19.1. The number of carboxylic acid groups (broad SMARTS) is 1. The Balaban J connectivity index is 2.79. The van der Waals surface area contributed by atoms with E-state index < -0.39 is 17.4 Å². The minimum absolute atomic E-state index is 0.00494. The lowest BCUT2D eigenvalue weighted by Gasteiger charge is -2.33. The molecule has 102 valence electrons. The predicted molar refractivity (Wildman–Crippen MR) is 69.3 cm³/mol. The van der Waals surface area contributed by atoms with E-state index in [1.165, 1.54) is 17.0 Å². The lowest BCUT2D eigenvalue weighted by Crippen LogP contribution is -2.45. The lowest BCUT2D eigenvalue weighted by molar-refractivity contribution is 0.101. The number of hydrogen-bond donors (Lipinski definition) is 1. The molecule has 1 N–H and O–H groups in total. The lowest BCUT2D eigenvalue weighted by atomic mass is 10.0. The fourth-order valence-electron chi connectivity index (χ4n) is 1.76. The van der Waals surface area contributed by atoms with Gasteiger partial charge in [-0.05, 0) is 44.9 Å². The summed E-state index contributed by atoms with van der Waals surface area (Å²) in [5, 5.41) is 17.8. The zero-order valence-electron chi connectivity index (χ0n) is 11.3. The Bertz CT molecular complexity index is 515. The van der Waals surface area contributed by atoms with Crippen LogP contribution in [0.15, 0.2) is 18.2 Å². The number of hydrogen-bond acceptors (Lipinski definition) is 2. The first kappa shape index (κ1) is 15.0. The summed E-state index contributed by atoms with van der Waals surface area (Å²) in [5.41, 5.74) is 0.165. The maximum absolute atomic E-state index is 13.4. The molecule has 0 fully saturated rings. The van der Waals surface area contributed by atoms with E-state index in [9.17, 15) is 9.18 Å². The second-order valence-electron chi connectivity index (χ2n) is 5.28. The van der Waals surface area contributed by atoms with Crippen LogP contribution < -0.4 is 0 Å². The summed E-state index contributed by atoms with van der Waals surface area (Å²) in [4.78, 5) is 12.5. The molecular formula is C14H17FN2O2. The van der Waals surface area contributed by atoms with Gasteiger partial charge in [-0.15, -0.1) is 0 Å². The summed E-state index contributed by atoms with van der Waals surface area (Å²) in [5.74, 6) is -0.572. The third-order valence-corrected chi connectivity index (χ3v) is 2.82. The van der Waals surface area contributed by atoms with E-state index in [2.05, 4.69) is 0 Å². The molecule has 0 saturated heterocycles. The monoisotopic (exact) mass is 264 g/mol. The Labute approximate surface area is 112 Å². The molecule has 5 heteroatoms. The zero-order chi connectivity index (χ0) is 14.6. The molecule has 0 aliphatic carbocycles. The molecule has 0 aromatic heterocycles. The van der Waals surface area contributed by atoms with Crippen LogP contribution >= 0.6 is 0 Å². The Morgan fingerprint density at radius 1 is 1.47 bits per heavy atom. The normalized spacial score (nSPS) is 10.9. The van der Waals surface area contributed by atoms with Gasteiger partial charge in [0, 0.05) is 12.1 Å². The van der Waals surface area contributed by atoms with Crippen molar-refractivity contribution in [2.24, 2.45) is 0 Å². The Hall–Kier alpha value is -2.09. The number of nitrogens with zero attached hydrogens (tertiary/aromatic N) is 2. The zero-order valence-corrected chi connectivity index (χ0v) is 11.3. The van der Waals surface area contributed by atoms with Crippen LogP contribution in [0.2, 0.25) is 0 Å². The van der Waals surface area contributed by atoms with Crippen molar-refractivity contribution in [2.75, 3.05) is 6.54 Å². The summed E-state index contributed by atoms with van der Waals surface area (Å²) in [6, 6.07) is 6.08. The largest absolute Gasteiger partial charge is 0.465 e. The van der Waals surface area contributed by atoms with E-state index in [4.69, 9.17) is 10.4 Å². The first-order valence-electron chi connectivity index (χ1n) is 5.95. The van der Waals surface area contributed by atoms with Gasteiger partial charge in [-0.2, -0.15) is 5.26 Å². The Morgan fingerprint density at radius 3 is 2.53 bits per heavy atom. The number of rotatable bonds is 3. The van der Waals surface area contributed by atoms with Crippen LogP contribution in [-0.4, -0.2) is 28.2 Å². The highest BCUT2D eigenvalue weighted by Crippen LogP contribution is 2.16. The number of nitriles is 1. The smallest absolute Gasteiger partial charge is 0.407 e. The quantitative estimate of drug-likeness (QED) is 0.912. The van der Waals surface area contributed by atoms with Crippen LogP contribution in [0.1, 0.15) is 31.9 Å². The van der Waals surface area contributed by atoms with Crippen LogP contribution in [0, 0.1) is 17.1 Å². The van der Waals surface area contributed by atoms with Crippen molar-refractivity contribution < 1.29 is 14.3 Å². The summed E-state index contributed by atoms with van der Waals surface area (Å²) in [6.07, 6.45) is -0.590. The first-order valence-corrected chi connectivity index (χ1v) is 5.95. The molecule has 1 amide bonds. The minimum Gasteiger partial charge on any atom is -0.465 e. The first-order chi connectivity index (χ1) is 8.75. The van der Waals surface area contributed by atoms with Crippen molar-refractivity contribution in [1.29, 1.82) is 5.26 Å². The van der Waals surface area contributed by atoms with Crippen LogP contribution in [0.4, 0.5) is 9.18 Å². The molecular weight excluding hydrogens is 247 g/mol. The molecule has 1 rings (SSSR count). The second kappa shape index (κ2) is 5.70. The topological polar surface area (TPSA) is 64.3 Å². The third kappa shape index (κ3) is 3.95. The molecule has 19 heavy (non-hydrogen) atoms. The molecule has 0 radical (unpaired) electrons. The van der Waals surface area contributed by atoms with Crippen molar-refractivity contribution in [2.45, 2.75) is 32.7 Å². The fourth-order valence-corrected chi connectivity index (χ4v) is 1.76. The standard InChI is InChI=1S/C14H17FN2O2/c1-14(2,3)17(13(18)19)7-6-10-4-5-11(9-16)12(15)8-10/h4-5,8H,6-7H2,1-3H3,(H,18,19). The number of benzene rings is 1. The third-order valence-electron chi connectivity index (χ3n) is 2.82. The molecule has 1 aromatic carbocycles. The number of amides is 1. The average Bonchev–Trinajstić information content (AvgIpc) is 2.27. The van der Waals surface area contributed by atoms with Gasteiger partial charge in [-0.1, -0.05) is 6.07 Å². The van der Waals surface area contributed by atoms with Crippen molar-refractivity contribution in [3.63, 3.8) is 0 Å². The average molecular weight is 264 g/mol. The Kier molecular flexibility index (Phi) is 4.49. The SMILES string of the molecule is CC(C)(C)N(CCc1ccc(C#N)c(F)c1)C(=O)O. The molecule has 0 spiro atoms. The molecule has 0 saturated carbocycles. The molecule has 0 heterocycles. The predicted octanol–water partition coefficient (Wildman–Crippen LogP) is 3.02. The maximum Gasteiger partial charge on any atom is 0.407 e. The number of carbonyl (C=O) groups is 1. The van der Waals surface area contributed by atoms with Gasteiger partial charge in [0.15, 0.2) is 0 Å². The van der Waals surface area contributed by atoms with E-state index in [0.717, 1.165) is 0 Å². The van der Waals surface area contributed by atoms with Crippen LogP contribution in [-0.2, 0) is 6.42 Å². The molecule has 0 atom stereocenters.